The van der Waals surface area contributed by atoms with Gasteiger partial charge in [-0.2, -0.15) is 0 Å². The Morgan fingerprint density at radius 2 is 0.817 bits per heavy atom. The minimum absolute atomic E-state index is 0.219. The van der Waals surface area contributed by atoms with E-state index in [1.54, 1.807) is 32.1 Å². The van der Waals surface area contributed by atoms with Crippen molar-refractivity contribution in [2.24, 2.45) is 0 Å². The van der Waals surface area contributed by atoms with Crippen LogP contribution in [-0.4, -0.2) is 139 Å². The van der Waals surface area contributed by atoms with Crippen LogP contribution in [0.25, 0.3) is 86.4 Å². The van der Waals surface area contributed by atoms with E-state index in [9.17, 15) is 0 Å². The molecule has 5 aromatic heterocycles. The third kappa shape index (κ3) is 22.0. The summed E-state index contributed by atoms with van der Waals surface area (Å²) in [4.78, 5) is 36.0. The van der Waals surface area contributed by atoms with E-state index in [4.69, 9.17) is 60.5 Å². The number of benzene rings is 6. The Bertz CT molecular complexity index is 4660. The van der Waals surface area contributed by atoms with Crippen LogP contribution in [0.3, 0.4) is 0 Å². The normalized spacial score (nSPS) is 17.7. The summed E-state index contributed by atoms with van der Waals surface area (Å²) in [7, 11) is 12.0. The predicted molar refractivity (Wildman–Crippen MR) is 464 cm³/mol. The second-order valence-electron chi connectivity index (χ2n) is 28.2. The van der Waals surface area contributed by atoms with Crippen molar-refractivity contribution in [3.05, 3.63) is 194 Å². The number of morpholine rings is 3. The topological polar surface area (TPSA) is 138 Å². The number of rotatable bonds is 19. The second-order valence-corrected chi connectivity index (χ2v) is 48.3. The molecule has 6 aromatic carbocycles. The van der Waals surface area contributed by atoms with E-state index in [0.29, 0.717) is 11.6 Å². The van der Waals surface area contributed by atoms with Gasteiger partial charge in [0.25, 0.3) is 11.6 Å². The Kier molecular flexibility index (Phi) is 31.3. The summed E-state index contributed by atoms with van der Waals surface area (Å²) in [6, 6.07) is 44.1. The monoisotopic (exact) mass is 1760 g/mol. The first kappa shape index (κ1) is 84.0. The van der Waals surface area contributed by atoms with Gasteiger partial charge < -0.3 is 52.8 Å². The van der Waals surface area contributed by atoms with Crippen molar-refractivity contribution in [2.45, 2.75) is 158 Å². The Hall–Kier alpha value is -7.48. The first-order valence-electron chi connectivity index (χ1n) is 37.7. The number of pyridine rings is 3. The largest absolute Gasteiger partial charge is 0.495 e. The number of aromatic nitrogens is 5. The molecule has 0 amide bonds. The molecule has 0 radical (unpaired) electrons. The number of halogens is 3. The van der Waals surface area contributed by atoms with Crippen molar-refractivity contribution in [1.29, 1.82) is 0 Å². The maximum atomic E-state index is 7.19. The number of unbranched alkanes of at least 4 members (excludes halogenated alkanes) is 3. The van der Waals surface area contributed by atoms with E-state index >= 15 is 0 Å². The van der Waals surface area contributed by atoms with E-state index in [0.717, 1.165) is 147 Å². The summed E-state index contributed by atoms with van der Waals surface area (Å²) in [5, 5.41) is 7.24. The van der Waals surface area contributed by atoms with Gasteiger partial charge in [0.1, 0.15) is 17.2 Å². The summed E-state index contributed by atoms with van der Waals surface area (Å²) in [6.45, 7) is 40.8. The van der Waals surface area contributed by atoms with Crippen LogP contribution in [0.15, 0.2) is 165 Å². The van der Waals surface area contributed by atoms with Crippen molar-refractivity contribution in [3.8, 4) is 61.2 Å². The maximum Gasteiger partial charge on any atom is 0.281 e. The van der Waals surface area contributed by atoms with Gasteiger partial charge in [0.05, 0.1) is 80.1 Å². The summed E-state index contributed by atoms with van der Waals surface area (Å²) < 4.78 is 41.0. The minimum Gasteiger partial charge on any atom is -0.495 e. The molecule has 3 saturated heterocycles. The van der Waals surface area contributed by atoms with Gasteiger partial charge in [-0.15, -0.1) is 32.6 Å². The number of ether oxygens (including phenoxy) is 6. The average Bonchev–Trinajstić information content (AvgIpc) is 1.45. The minimum atomic E-state index is -2.09. The Labute approximate surface area is 677 Å². The van der Waals surface area contributed by atoms with Crippen molar-refractivity contribution >= 4 is 142 Å². The summed E-state index contributed by atoms with van der Waals surface area (Å²) >= 11 is 7.49. The zero-order chi connectivity index (χ0) is 77.7. The molecule has 0 unspecified atom stereocenters. The molecule has 16 nitrogen and oxygen atoms in total. The third-order valence-electron chi connectivity index (χ3n) is 19.5. The summed E-state index contributed by atoms with van der Waals surface area (Å²) in [5.74, 6) is 3.37. The fourth-order valence-electron chi connectivity index (χ4n) is 14.5. The van der Waals surface area contributed by atoms with Gasteiger partial charge in [0.15, 0.2) is 0 Å². The van der Waals surface area contributed by atoms with E-state index in [2.05, 4.69) is 231 Å². The van der Waals surface area contributed by atoms with Crippen molar-refractivity contribution in [1.82, 2.24) is 24.9 Å². The first-order valence-corrected chi connectivity index (χ1v) is 50.7. The molecule has 22 heteroatoms. The smallest absolute Gasteiger partial charge is 0.281 e. The predicted octanol–water partition coefficient (Wildman–Crippen LogP) is 24.3. The van der Waals surface area contributed by atoms with Crippen LogP contribution in [0.4, 0.5) is 28.7 Å². The molecular formula is C87H101Br2ClN10O6S2Sn. The van der Waals surface area contributed by atoms with Gasteiger partial charge in [-0.3, -0.25) is 15.0 Å². The molecule has 3 aliphatic heterocycles. The Morgan fingerprint density at radius 1 is 0.468 bits per heavy atom. The number of hydrogen-bond donors (Lipinski definition) is 0. The molecule has 6 atom stereocenters. The molecular weight excluding hydrogens is 1660 g/mol. The first-order chi connectivity index (χ1) is 52.7. The maximum absolute atomic E-state index is 7.19. The van der Waals surface area contributed by atoms with Gasteiger partial charge in [0, 0.05) is 139 Å². The number of anilines is 3. The number of nitrogens with zero attached hydrogens (tertiary/aromatic N) is 10. The fraction of sp³-hybridized carbons (Fsp3) is 0.391. The van der Waals surface area contributed by atoms with Crippen LogP contribution in [0, 0.1) is 20.1 Å². The van der Waals surface area contributed by atoms with E-state index in [1.807, 2.05) is 55.0 Å². The second kappa shape index (κ2) is 40.6. The molecule has 0 aliphatic carbocycles. The third-order valence-corrected chi connectivity index (χ3v) is 36.9. The van der Waals surface area contributed by atoms with Gasteiger partial charge in [-0.1, -0.05) is 73.8 Å². The van der Waals surface area contributed by atoms with Crippen LogP contribution >= 0.6 is 63.5 Å². The number of thiazole rings is 2. The van der Waals surface area contributed by atoms with Crippen LogP contribution < -0.4 is 28.9 Å². The van der Waals surface area contributed by atoms with Gasteiger partial charge in [-0.25, -0.2) is 0 Å². The standard InChI is InChI=1S/C26H24N4O2S.C23H26N2O2.C22H23BrN2O2.C4HBrN2S.3C4H9.ClH.Sn/c1-16-13-30(14-17(2)32-16)19-10-8-18(9-11-19)22-12-28-24-20(25(22)31-4)6-5-7-21(24)26-29-23(27-3)15-33-26;1-15-6-5-7-20-22(15)24-12-21(23(20)26-4)18-8-10-19(11-9-18)25-13-16(2)27-17(3)14-25;1-14-12-25(13-15(2)27-14)17-9-7-16(8-10-17)19-11-24-21-18(22(19)26-3)5-4-6-20(21)23;1-6-3-2-8-4(5)7-3;3*1-3-4-2;;/h5-12,15-17H,13-14H2,1-2,4H3;5-12,16-17H,13-14H2,1-4H3;4-11,14-15H,12-13H2,1-3H3;2H;3*1,3-4H2,2H3;1H;/q;;;;;;;;+1/p-1/t2*16-,17+;14-,15+;;;;;;. The molecule has 3 fully saturated rings. The number of fused-ring (bicyclic) bond motifs is 3. The van der Waals surface area contributed by atoms with Gasteiger partial charge in [0.2, 0.25) is 8.92 Å². The van der Waals surface area contributed by atoms with Crippen LogP contribution in [0.2, 0.25) is 13.3 Å². The zero-order valence-electron chi connectivity index (χ0n) is 65.0. The SMILES string of the molecule is CCC[CH2][Sn]([Cl])([CH2]CCC)[CH2]CCC.COc1c(-c2ccc(N3C[C@@H](C)O[C@@H](C)C3)cc2)cnc2c(Br)cccc12.COc1c(-c2ccc(N3C[C@@H](C)O[C@@H](C)C3)cc2)cnc2c(C)cccc12.[C-]#[N+]c1csc(-c2cccc3c(OC)c(-c4ccc(N5C[C@@H](C)O[C@@H](C)C5)cc4)cnc23)n1.[C-]#[N+]c1csc(Br)n1. The zero-order valence-corrected chi connectivity index (χ0v) is 73.4. The van der Waals surface area contributed by atoms with Crippen LogP contribution in [0.5, 0.6) is 17.2 Å². The number of aryl methyl sites for hydroxylation is 1. The van der Waals surface area contributed by atoms with Gasteiger partial charge >= 0.3 is 98.8 Å². The molecule has 0 N–H and O–H groups in total. The molecule has 109 heavy (non-hydrogen) atoms. The van der Waals surface area contributed by atoms with Gasteiger partial charge in [-0.05, 0) is 153 Å². The van der Waals surface area contributed by atoms with E-state index in [1.165, 1.54) is 91.6 Å². The molecule has 8 heterocycles. The van der Waals surface area contributed by atoms with Crippen LogP contribution in [0.1, 0.15) is 106 Å². The fourth-order valence-corrected chi connectivity index (χ4v) is 29.9. The van der Waals surface area contributed by atoms with E-state index in [-0.39, 0.29) is 36.6 Å². The molecule has 0 spiro atoms. The number of methoxy groups -OCH3 is 3. The van der Waals surface area contributed by atoms with Crippen LogP contribution in [-0.2, 0) is 14.2 Å². The van der Waals surface area contributed by atoms with Crippen molar-refractivity contribution in [2.75, 3.05) is 75.3 Å². The summed E-state index contributed by atoms with van der Waals surface area (Å²) in [5.41, 5.74) is 14.6. The average molecular weight is 1760 g/mol. The summed E-state index contributed by atoms with van der Waals surface area (Å²) in [6.07, 6.45) is 15.2. The molecule has 572 valence electrons. The number of hydrogen-bond acceptors (Lipinski definition) is 16. The molecule has 3 aliphatic rings. The quantitative estimate of drug-likeness (QED) is 0.0560. The van der Waals surface area contributed by atoms with E-state index < -0.39 is 17.3 Å². The molecule has 14 rings (SSSR count). The Morgan fingerprint density at radius 3 is 1.17 bits per heavy atom. The molecule has 11 aromatic rings. The Balaban J connectivity index is 0.000000154. The molecule has 0 bridgehead atoms. The van der Waals surface area contributed by atoms with Crippen molar-refractivity contribution in [3.63, 3.8) is 0 Å². The van der Waals surface area contributed by atoms with Crippen molar-refractivity contribution < 1.29 is 28.4 Å². The number of para-hydroxylation sites is 3. The molecule has 0 saturated carbocycles.